The normalized spacial score (nSPS) is 16.4. The van der Waals surface area contributed by atoms with E-state index in [2.05, 4.69) is 4.72 Å². The Bertz CT molecular complexity index is 1070. The summed E-state index contributed by atoms with van der Waals surface area (Å²) < 4.78 is 64.7. The third-order valence-electron chi connectivity index (χ3n) is 4.70. The van der Waals surface area contributed by atoms with Gasteiger partial charge in [-0.2, -0.15) is 0 Å². The van der Waals surface area contributed by atoms with Crippen LogP contribution in [0.2, 0.25) is 0 Å². The number of ether oxygens (including phenoxy) is 2. The molecule has 0 spiro atoms. The molecule has 1 aliphatic rings. The van der Waals surface area contributed by atoms with Gasteiger partial charge in [-0.1, -0.05) is 12.1 Å². The SMILES string of the molecule is COc1ccc(CNS(=O)(=O)c2cc(N3CCCCS3(=O)=O)ccc2OC)cc1. The second-order valence-electron chi connectivity index (χ2n) is 6.60. The molecule has 1 heterocycles. The maximum absolute atomic E-state index is 12.9. The van der Waals surface area contributed by atoms with E-state index in [1.165, 1.54) is 23.5 Å². The Balaban J connectivity index is 1.88. The van der Waals surface area contributed by atoms with E-state index < -0.39 is 20.0 Å². The molecule has 0 atom stereocenters. The van der Waals surface area contributed by atoms with Crippen molar-refractivity contribution >= 4 is 25.7 Å². The van der Waals surface area contributed by atoms with Gasteiger partial charge in [-0.15, -0.1) is 0 Å². The van der Waals surface area contributed by atoms with Gasteiger partial charge in [0.25, 0.3) is 0 Å². The van der Waals surface area contributed by atoms with Crippen molar-refractivity contribution in [1.82, 2.24) is 4.72 Å². The van der Waals surface area contributed by atoms with Crippen LogP contribution in [0.3, 0.4) is 0 Å². The topological polar surface area (TPSA) is 102 Å². The van der Waals surface area contributed by atoms with Crippen LogP contribution in [0, 0.1) is 0 Å². The van der Waals surface area contributed by atoms with Crippen molar-refractivity contribution in [3.05, 3.63) is 48.0 Å². The molecule has 10 heteroatoms. The predicted molar refractivity (Wildman–Crippen MR) is 110 cm³/mol. The van der Waals surface area contributed by atoms with Crippen LogP contribution in [0.1, 0.15) is 18.4 Å². The number of sulfonamides is 2. The number of hydrogen-bond acceptors (Lipinski definition) is 6. The van der Waals surface area contributed by atoms with Crippen LogP contribution in [0.5, 0.6) is 11.5 Å². The van der Waals surface area contributed by atoms with Gasteiger partial charge in [-0.25, -0.2) is 21.6 Å². The zero-order valence-electron chi connectivity index (χ0n) is 16.3. The molecule has 0 bridgehead atoms. The first-order valence-electron chi connectivity index (χ1n) is 9.08. The summed E-state index contributed by atoms with van der Waals surface area (Å²) in [5, 5.41) is 0. The maximum Gasteiger partial charge on any atom is 0.244 e. The van der Waals surface area contributed by atoms with Gasteiger partial charge in [0, 0.05) is 13.1 Å². The highest BCUT2D eigenvalue weighted by Crippen LogP contribution is 2.31. The lowest BCUT2D eigenvalue weighted by molar-refractivity contribution is 0.402. The number of hydrogen-bond donors (Lipinski definition) is 1. The maximum atomic E-state index is 12.9. The van der Waals surface area contributed by atoms with Crippen LogP contribution in [0.4, 0.5) is 5.69 Å². The monoisotopic (exact) mass is 440 g/mol. The molecule has 0 saturated carbocycles. The Hall–Kier alpha value is -2.30. The van der Waals surface area contributed by atoms with E-state index in [9.17, 15) is 16.8 Å². The molecule has 1 fully saturated rings. The minimum absolute atomic E-state index is 0.0524. The van der Waals surface area contributed by atoms with Crippen molar-refractivity contribution < 1.29 is 26.3 Å². The number of nitrogens with one attached hydrogen (secondary N) is 1. The van der Waals surface area contributed by atoms with Crippen LogP contribution in [0.15, 0.2) is 47.4 Å². The lowest BCUT2D eigenvalue weighted by Gasteiger charge is -2.28. The van der Waals surface area contributed by atoms with Gasteiger partial charge in [0.1, 0.15) is 16.4 Å². The average molecular weight is 441 g/mol. The van der Waals surface area contributed by atoms with Crippen molar-refractivity contribution in [1.29, 1.82) is 0 Å². The third-order valence-corrected chi connectivity index (χ3v) is 7.99. The van der Waals surface area contributed by atoms with Crippen molar-refractivity contribution in [2.75, 3.05) is 30.8 Å². The molecular formula is C19H24N2O6S2. The summed E-state index contributed by atoms with van der Waals surface area (Å²) in [7, 11) is -4.47. The first-order valence-corrected chi connectivity index (χ1v) is 12.2. The summed E-state index contributed by atoms with van der Waals surface area (Å²) in [6.07, 6.45) is 1.33. The van der Waals surface area contributed by atoms with E-state index in [1.54, 1.807) is 37.4 Å². The molecule has 0 unspecified atom stereocenters. The molecule has 3 rings (SSSR count). The quantitative estimate of drug-likeness (QED) is 0.708. The molecule has 0 aliphatic carbocycles. The van der Waals surface area contributed by atoms with E-state index >= 15 is 0 Å². The van der Waals surface area contributed by atoms with Crippen molar-refractivity contribution in [2.24, 2.45) is 0 Å². The molecule has 8 nitrogen and oxygen atoms in total. The molecule has 1 N–H and O–H groups in total. The summed E-state index contributed by atoms with van der Waals surface area (Å²) in [4.78, 5) is -0.105. The molecule has 0 radical (unpaired) electrons. The Kier molecular flexibility index (Phi) is 6.35. The summed E-state index contributed by atoms with van der Waals surface area (Å²) in [5.41, 5.74) is 1.07. The van der Waals surface area contributed by atoms with Crippen molar-refractivity contribution in [3.63, 3.8) is 0 Å². The summed E-state index contributed by atoms with van der Waals surface area (Å²) in [6, 6.07) is 11.4. The third kappa shape index (κ3) is 4.82. The zero-order chi connectivity index (χ0) is 21.1. The first kappa shape index (κ1) is 21.4. The number of anilines is 1. The molecule has 1 saturated heterocycles. The predicted octanol–water partition coefficient (Wildman–Crippen LogP) is 2.11. The fourth-order valence-electron chi connectivity index (χ4n) is 3.11. The number of rotatable bonds is 7. The molecule has 0 amide bonds. The second-order valence-corrected chi connectivity index (χ2v) is 10.4. The molecule has 1 aliphatic heterocycles. The Labute approximate surface area is 171 Å². The lowest BCUT2D eigenvalue weighted by Crippen LogP contribution is -2.38. The van der Waals surface area contributed by atoms with Gasteiger partial charge in [0.15, 0.2) is 0 Å². The number of nitrogens with zero attached hydrogens (tertiary/aromatic N) is 1. The lowest BCUT2D eigenvalue weighted by atomic mass is 10.2. The highest BCUT2D eigenvalue weighted by Gasteiger charge is 2.28. The highest BCUT2D eigenvalue weighted by molar-refractivity contribution is 7.92. The fourth-order valence-corrected chi connectivity index (χ4v) is 5.94. The van der Waals surface area contributed by atoms with Gasteiger partial charge >= 0.3 is 0 Å². The van der Waals surface area contributed by atoms with Gasteiger partial charge in [-0.05, 0) is 48.7 Å². The largest absolute Gasteiger partial charge is 0.497 e. The minimum Gasteiger partial charge on any atom is -0.497 e. The van der Waals surface area contributed by atoms with Crippen LogP contribution >= 0.6 is 0 Å². The zero-order valence-corrected chi connectivity index (χ0v) is 17.9. The molecule has 0 aromatic heterocycles. The fraction of sp³-hybridized carbons (Fsp3) is 0.368. The molecule has 158 valence electrons. The van der Waals surface area contributed by atoms with E-state index in [0.29, 0.717) is 24.4 Å². The molecular weight excluding hydrogens is 416 g/mol. The van der Waals surface area contributed by atoms with Gasteiger partial charge in [0.05, 0.1) is 25.7 Å². The summed E-state index contributed by atoms with van der Waals surface area (Å²) in [5.74, 6) is 0.871. The van der Waals surface area contributed by atoms with Crippen LogP contribution in [-0.2, 0) is 26.6 Å². The van der Waals surface area contributed by atoms with Gasteiger partial charge in [-0.3, -0.25) is 4.31 Å². The van der Waals surface area contributed by atoms with E-state index in [-0.39, 0.29) is 22.9 Å². The van der Waals surface area contributed by atoms with Gasteiger partial charge in [0.2, 0.25) is 20.0 Å². The van der Waals surface area contributed by atoms with E-state index in [4.69, 9.17) is 9.47 Å². The second kappa shape index (κ2) is 8.60. The first-order chi connectivity index (χ1) is 13.8. The molecule has 29 heavy (non-hydrogen) atoms. The molecule has 2 aromatic carbocycles. The van der Waals surface area contributed by atoms with E-state index in [1.807, 2.05) is 0 Å². The number of methoxy groups -OCH3 is 2. The van der Waals surface area contributed by atoms with Crippen LogP contribution in [-0.4, -0.2) is 43.4 Å². The Morgan fingerprint density at radius 1 is 1.03 bits per heavy atom. The Morgan fingerprint density at radius 3 is 2.38 bits per heavy atom. The summed E-state index contributed by atoms with van der Waals surface area (Å²) >= 11 is 0. The number of benzene rings is 2. The molecule has 2 aromatic rings. The standard InChI is InChI=1S/C19H24N2O6S2/c1-26-17-8-5-15(6-9-17)14-20-29(24,25)19-13-16(7-10-18(19)27-2)21-11-3-4-12-28(21,22)23/h5-10,13,20H,3-4,11-12,14H2,1-2H3. The minimum atomic E-state index is -3.94. The average Bonchev–Trinajstić information content (AvgIpc) is 2.72. The van der Waals surface area contributed by atoms with Crippen LogP contribution in [0.25, 0.3) is 0 Å². The summed E-state index contributed by atoms with van der Waals surface area (Å²) in [6.45, 7) is 0.398. The van der Waals surface area contributed by atoms with Crippen molar-refractivity contribution in [3.8, 4) is 11.5 Å². The van der Waals surface area contributed by atoms with Gasteiger partial charge < -0.3 is 9.47 Å². The smallest absolute Gasteiger partial charge is 0.244 e. The highest BCUT2D eigenvalue weighted by atomic mass is 32.2. The van der Waals surface area contributed by atoms with Crippen LogP contribution < -0.4 is 18.5 Å². The van der Waals surface area contributed by atoms with Crippen molar-refractivity contribution in [2.45, 2.75) is 24.3 Å². The van der Waals surface area contributed by atoms with E-state index in [0.717, 1.165) is 12.0 Å². The Morgan fingerprint density at radius 2 is 1.76 bits per heavy atom.